The van der Waals surface area contributed by atoms with Gasteiger partial charge in [-0.2, -0.15) is 13.9 Å². The van der Waals surface area contributed by atoms with Crippen molar-refractivity contribution in [3.63, 3.8) is 0 Å². The van der Waals surface area contributed by atoms with Crippen molar-refractivity contribution in [3.8, 4) is 0 Å². The fourth-order valence-corrected chi connectivity index (χ4v) is 3.95. The fraction of sp³-hybridized carbons (Fsp3) is 0.571. The first-order valence-corrected chi connectivity index (χ1v) is 10.8. The summed E-state index contributed by atoms with van der Waals surface area (Å²) in [6.45, 7) is 0.612. The SMILES string of the molecule is CC(C)C(F)CNC(=O)c1cnc(Cl)cc1NC1(c2ccn(C(F)F)n2)CCCCC1. The Hall–Kier alpha value is -2.29. The molecule has 170 valence electrons. The van der Waals surface area contributed by atoms with Gasteiger partial charge in [-0.05, 0) is 30.9 Å². The molecule has 1 unspecified atom stereocenters. The summed E-state index contributed by atoms with van der Waals surface area (Å²) >= 11 is 6.08. The first-order chi connectivity index (χ1) is 14.7. The normalized spacial score (nSPS) is 17.0. The summed E-state index contributed by atoms with van der Waals surface area (Å²) in [5.74, 6) is -0.712. The second-order valence-corrected chi connectivity index (χ2v) is 8.64. The maximum atomic E-state index is 13.9. The number of pyridine rings is 1. The molecule has 1 aliphatic carbocycles. The van der Waals surface area contributed by atoms with Crippen LogP contribution < -0.4 is 10.6 Å². The molecule has 1 atom stereocenters. The molecule has 1 aliphatic rings. The summed E-state index contributed by atoms with van der Waals surface area (Å²) in [4.78, 5) is 16.8. The monoisotopic (exact) mass is 457 g/mol. The number of carbonyl (C=O) groups is 1. The van der Waals surface area contributed by atoms with Crippen LogP contribution in [0.3, 0.4) is 0 Å². The van der Waals surface area contributed by atoms with E-state index >= 15 is 0 Å². The molecule has 1 saturated carbocycles. The summed E-state index contributed by atoms with van der Waals surface area (Å²) in [6.07, 6.45) is 5.51. The van der Waals surface area contributed by atoms with Crippen molar-refractivity contribution in [3.05, 3.63) is 40.9 Å². The minimum absolute atomic E-state index is 0.123. The molecule has 0 spiro atoms. The molecule has 2 aromatic heterocycles. The molecule has 2 aromatic rings. The molecule has 1 amide bonds. The Morgan fingerprint density at radius 2 is 1.97 bits per heavy atom. The molecule has 1 fully saturated rings. The van der Waals surface area contributed by atoms with E-state index in [4.69, 9.17) is 11.6 Å². The zero-order valence-corrected chi connectivity index (χ0v) is 18.3. The standard InChI is InChI=1S/C21H27ClF3N5O/c1-13(2)15(23)12-27-19(31)14-11-26-18(22)10-16(14)28-21(7-4-3-5-8-21)17-6-9-30(29-17)20(24)25/h6,9-11,13,15,20H,3-5,7-8,12H2,1-2H3,(H,26,28)(H,27,31). The van der Waals surface area contributed by atoms with Crippen molar-refractivity contribution in [2.45, 2.75) is 64.2 Å². The Bertz CT molecular complexity index is 899. The highest BCUT2D eigenvalue weighted by molar-refractivity contribution is 6.29. The lowest BCUT2D eigenvalue weighted by atomic mass is 9.79. The molecule has 0 bridgehead atoms. The minimum atomic E-state index is -2.74. The van der Waals surface area contributed by atoms with E-state index in [2.05, 4.69) is 20.7 Å². The van der Waals surface area contributed by atoms with Crippen molar-refractivity contribution in [1.29, 1.82) is 0 Å². The van der Waals surface area contributed by atoms with Gasteiger partial charge in [0, 0.05) is 18.9 Å². The Kier molecular flexibility index (Phi) is 7.46. The van der Waals surface area contributed by atoms with Gasteiger partial charge in [0.15, 0.2) is 0 Å². The van der Waals surface area contributed by atoms with E-state index in [1.807, 2.05) is 0 Å². The topological polar surface area (TPSA) is 71.8 Å². The first kappa shape index (κ1) is 23.4. The summed E-state index contributed by atoms with van der Waals surface area (Å²) in [6, 6.07) is 3.09. The molecular formula is C21H27ClF3N5O. The minimum Gasteiger partial charge on any atom is -0.373 e. The number of hydrogen-bond acceptors (Lipinski definition) is 4. The van der Waals surface area contributed by atoms with Crippen LogP contribution in [-0.4, -0.2) is 33.4 Å². The summed E-state index contributed by atoms with van der Waals surface area (Å²) < 4.78 is 40.8. The van der Waals surface area contributed by atoms with Gasteiger partial charge in [-0.25, -0.2) is 14.1 Å². The first-order valence-electron chi connectivity index (χ1n) is 10.4. The molecule has 0 aliphatic heterocycles. The zero-order valence-electron chi connectivity index (χ0n) is 17.5. The summed E-state index contributed by atoms with van der Waals surface area (Å²) in [5.41, 5.74) is 0.374. The number of nitrogens with zero attached hydrogens (tertiary/aromatic N) is 3. The number of nitrogens with one attached hydrogen (secondary N) is 2. The van der Waals surface area contributed by atoms with E-state index in [1.165, 1.54) is 18.5 Å². The highest BCUT2D eigenvalue weighted by atomic mass is 35.5. The summed E-state index contributed by atoms with van der Waals surface area (Å²) in [7, 11) is 0. The maximum absolute atomic E-state index is 13.9. The maximum Gasteiger partial charge on any atom is 0.333 e. The number of alkyl halides is 3. The molecule has 0 radical (unpaired) electrons. The van der Waals surface area contributed by atoms with Crippen LogP contribution in [0.4, 0.5) is 18.9 Å². The van der Waals surface area contributed by atoms with Crippen LogP contribution in [0.15, 0.2) is 24.5 Å². The second kappa shape index (κ2) is 9.89. The van der Waals surface area contributed by atoms with E-state index in [1.54, 1.807) is 19.9 Å². The van der Waals surface area contributed by atoms with Gasteiger partial charge in [-0.15, -0.1) is 0 Å². The van der Waals surface area contributed by atoms with Crippen molar-refractivity contribution < 1.29 is 18.0 Å². The van der Waals surface area contributed by atoms with Gasteiger partial charge >= 0.3 is 6.55 Å². The van der Waals surface area contributed by atoms with Crippen LogP contribution in [0.2, 0.25) is 5.15 Å². The number of aromatic nitrogens is 3. The zero-order chi connectivity index (χ0) is 22.6. The van der Waals surface area contributed by atoms with Crippen LogP contribution in [0, 0.1) is 5.92 Å². The molecule has 31 heavy (non-hydrogen) atoms. The lowest BCUT2D eigenvalue weighted by Crippen LogP contribution is -2.39. The third-order valence-corrected chi connectivity index (χ3v) is 5.88. The molecule has 2 heterocycles. The number of carbonyl (C=O) groups excluding carboxylic acids is 1. The van der Waals surface area contributed by atoms with Crippen molar-refractivity contribution in [2.24, 2.45) is 5.92 Å². The second-order valence-electron chi connectivity index (χ2n) is 8.25. The lowest BCUT2D eigenvalue weighted by molar-refractivity contribution is 0.0555. The Labute approximate surface area is 184 Å². The van der Waals surface area contributed by atoms with Gasteiger partial charge in [0.1, 0.15) is 11.3 Å². The van der Waals surface area contributed by atoms with Gasteiger partial charge in [-0.3, -0.25) is 4.79 Å². The van der Waals surface area contributed by atoms with Crippen LogP contribution in [0.25, 0.3) is 0 Å². The van der Waals surface area contributed by atoms with Crippen LogP contribution in [-0.2, 0) is 5.54 Å². The molecule has 2 N–H and O–H groups in total. The van der Waals surface area contributed by atoms with E-state index in [0.717, 1.165) is 19.3 Å². The van der Waals surface area contributed by atoms with Crippen molar-refractivity contribution in [1.82, 2.24) is 20.1 Å². The highest BCUT2D eigenvalue weighted by Gasteiger charge is 2.37. The fourth-order valence-electron chi connectivity index (χ4n) is 3.80. The number of halogens is 4. The largest absolute Gasteiger partial charge is 0.373 e. The average Bonchev–Trinajstić information content (AvgIpc) is 3.24. The predicted octanol–water partition coefficient (Wildman–Crippen LogP) is 5.32. The molecular weight excluding hydrogens is 431 g/mol. The number of anilines is 1. The Balaban J connectivity index is 1.90. The number of hydrogen-bond donors (Lipinski definition) is 2. The highest BCUT2D eigenvalue weighted by Crippen LogP contribution is 2.40. The third-order valence-electron chi connectivity index (χ3n) is 5.68. The molecule has 0 aromatic carbocycles. The van der Waals surface area contributed by atoms with Crippen LogP contribution in [0.5, 0.6) is 0 Å². The van der Waals surface area contributed by atoms with Gasteiger partial charge in [0.25, 0.3) is 5.91 Å². The Morgan fingerprint density at radius 3 is 2.58 bits per heavy atom. The van der Waals surface area contributed by atoms with Gasteiger partial charge < -0.3 is 10.6 Å². The third kappa shape index (κ3) is 5.50. The van der Waals surface area contributed by atoms with Crippen molar-refractivity contribution >= 4 is 23.2 Å². The van der Waals surface area contributed by atoms with Gasteiger partial charge in [0.05, 0.1) is 22.5 Å². The molecule has 10 heteroatoms. The van der Waals surface area contributed by atoms with E-state index < -0.39 is 24.2 Å². The van der Waals surface area contributed by atoms with Crippen molar-refractivity contribution in [2.75, 3.05) is 11.9 Å². The number of amides is 1. The quantitative estimate of drug-likeness (QED) is 0.526. The Morgan fingerprint density at radius 1 is 1.26 bits per heavy atom. The number of rotatable bonds is 8. The van der Waals surface area contributed by atoms with Crippen LogP contribution in [0.1, 0.15) is 68.6 Å². The smallest absolute Gasteiger partial charge is 0.333 e. The molecule has 0 saturated heterocycles. The predicted molar refractivity (Wildman–Crippen MR) is 113 cm³/mol. The van der Waals surface area contributed by atoms with Gasteiger partial charge in [0.2, 0.25) is 0 Å². The van der Waals surface area contributed by atoms with E-state index in [-0.39, 0.29) is 23.2 Å². The molecule has 3 rings (SSSR count). The van der Waals surface area contributed by atoms with E-state index in [0.29, 0.717) is 28.9 Å². The molecule has 6 nitrogen and oxygen atoms in total. The average molecular weight is 458 g/mol. The van der Waals surface area contributed by atoms with E-state index in [9.17, 15) is 18.0 Å². The van der Waals surface area contributed by atoms with Gasteiger partial charge in [-0.1, -0.05) is 44.7 Å². The van der Waals surface area contributed by atoms with Crippen LogP contribution >= 0.6 is 11.6 Å². The summed E-state index contributed by atoms with van der Waals surface area (Å²) in [5, 5.41) is 10.2. The lowest BCUT2D eigenvalue weighted by Gasteiger charge is -2.38.